The van der Waals surface area contributed by atoms with Gasteiger partial charge in [0, 0.05) is 0 Å². The fourth-order valence-corrected chi connectivity index (χ4v) is 1.87. The summed E-state index contributed by atoms with van der Waals surface area (Å²) in [5.41, 5.74) is 3.58. The summed E-state index contributed by atoms with van der Waals surface area (Å²) in [5.74, 6) is 0. The summed E-state index contributed by atoms with van der Waals surface area (Å²) >= 11 is 0. The van der Waals surface area contributed by atoms with E-state index in [0.717, 1.165) is 0 Å². The predicted octanol–water partition coefficient (Wildman–Crippen LogP) is 4.09. The van der Waals surface area contributed by atoms with Crippen molar-refractivity contribution in [3.05, 3.63) is 23.3 Å². The third-order valence-corrected chi connectivity index (χ3v) is 2.39. The standard InChI is InChI=1S/C12H20/c1-5-7-10-8-6-9-11(10)12(2,3)4/h6,9H,5,7-8H2,1-4H3. The Morgan fingerprint density at radius 2 is 2.00 bits per heavy atom. The van der Waals surface area contributed by atoms with Gasteiger partial charge in [0.15, 0.2) is 0 Å². The normalized spacial score (nSPS) is 17.7. The lowest BCUT2D eigenvalue weighted by Crippen LogP contribution is -2.08. The van der Waals surface area contributed by atoms with Gasteiger partial charge in [0.1, 0.15) is 0 Å². The van der Waals surface area contributed by atoms with Crippen LogP contribution in [0.25, 0.3) is 0 Å². The average molecular weight is 164 g/mol. The molecule has 0 amide bonds. The second kappa shape index (κ2) is 3.47. The Labute approximate surface area is 76.4 Å². The molecular formula is C12H20. The SMILES string of the molecule is CCCC1=C(C(C)(C)C)C=CC1. The summed E-state index contributed by atoms with van der Waals surface area (Å²) < 4.78 is 0. The van der Waals surface area contributed by atoms with Gasteiger partial charge in [-0.15, -0.1) is 0 Å². The van der Waals surface area contributed by atoms with Crippen LogP contribution in [0.1, 0.15) is 47.0 Å². The van der Waals surface area contributed by atoms with Crippen molar-refractivity contribution in [2.75, 3.05) is 0 Å². The Hall–Kier alpha value is -0.520. The molecule has 0 saturated heterocycles. The fourth-order valence-electron chi connectivity index (χ4n) is 1.87. The average Bonchev–Trinajstić information content (AvgIpc) is 2.34. The zero-order valence-electron chi connectivity index (χ0n) is 8.78. The molecule has 0 saturated carbocycles. The van der Waals surface area contributed by atoms with Crippen LogP contribution in [0.3, 0.4) is 0 Å². The molecule has 1 aliphatic carbocycles. The molecule has 0 heterocycles. The summed E-state index contributed by atoms with van der Waals surface area (Å²) in [7, 11) is 0. The molecule has 0 aromatic carbocycles. The van der Waals surface area contributed by atoms with E-state index >= 15 is 0 Å². The lowest BCUT2D eigenvalue weighted by atomic mass is 9.84. The molecule has 0 spiro atoms. The first-order chi connectivity index (χ1) is 5.55. The van der Waals surface area contributed by atoms with Gasteiger partial charge >= 0.3 is 0 Å². The maximum atomic E-state index is 2.31. The smallest absolute Gasteiger partial charge is 0.0130 e. The van der Waals surface area contributed by atoms with E-state index in [1.54, 1.807) is 11.1 Å². The van der Waals surface area contributed by atoms with E-state index in [1.807, 2.05) is 0 Å². The topological polar surface area (TPSA) is 0 Å². The van der Waals surface area contributed by atoms with Gasteiger partial charge in [-0.1, -0.05) is 51.8 Å². The van der Waals surface area contributed by atoms with Crippen molar-refractivity contribution in [2.45, 2.75) is 47.0 Å². The summed E-state index contributed by atoms with van der Waals surface area (Å²) in [6.07, 6.45) is 8.35. The van der Waals surface area contributed by atoms with Crippen LogP contribution < -0.4 is 0 Å². The van der Waals surface area contributed by atoms with E-state index < -0.39 is 0 Å². The molecule has 0 atom stereocenters. The maximum absolute atomic E-state index is 2.31. The molecule has 0 unspecified atom stereocenters. The highest BCUT2D eigenvalue weighted by atomic mass is 14.3. The molecule has 0 heteroatoms. The van der Waals surface area contributed by atoms with Crippen LogP contribution in [0.4, 0.5) is 0 Å². The molecule has 0 aromatic heterocycles. The Bertz CT molecular complexity index is 211. The number of allylic oxidation sites excluding steroid dienone is 4. The quantitative estimate of drug-likeness (QED) is 0.576. The van der Waals surface area contributed by atoms with Crippen molar-refractivity contribution < 1.29 is 0 Å². The van der Waals surface area contributed by atoms with E-state index in [9.17, 15) is 0 Å². The first kappa shape index (κ1) is 9.57. The molecular weight excluding hydrogens is 144 g/mol. The van der Waals surface area contributed by atoms with Crippen molar-refractivity contribution in [2.24, 2.45) is 5.41 Å². The minimum absolute atomic E-state index is 0.345. The third kappa shape index (κ3) is 2.00. The van der Waals surface area contributed by atoms with E-state index in [4.69, 9.17) is 0 Å². The highest BCUT2D eigenvalue weighted by Gasteiger charge is 2.20. The second-order valence-corrected chi connectivity index (χ2v) is 4.62. The van der Waals surface area contributed by atoms with Gasteiger partial charge in [-0.05, 0) is 23.8 Å². The van der Waals surface area contributed by atoms with Crippen molar-refractivity contribution in [1.82, 2.24) is 0 Å². The lowest BCUT2D eigenvalue weighted by molar-refractivity contribution is 0.510. The predicted molar refractivity (Wildman–Crippen MR) is 55.1 cm³/mol. The number of rotatable bonds is 2. The largest absolute Gasteiger partial charge is 0.0802 e. The third-order valence-electron chi connectivity index (χ3n) is 2.39. The van der Waals surface area contributed by atoms with Gasteiger partial charge in [-0.3, -0.25) is 0 Å². The van der Waals surface area contributed by atoms with Crippen LogP contribution in [-0.2, 0) is 0 Å². The van der Waals surface area contributed by atoms with Gasteiger partial charge < -0.3 is 0 Å². The summed E-state index contributed by atoms with van der Waals surface area (Å²) in [4.78, 5) is 0. The highest BCUT2D eigenvalue weighted by Crippen LogP contribution is 2.35. The van der Waals surface area contributed by atoms with Gasteiger partial charge in [-0.2, -0.15) is 0 Å². The minimum atomic E-state index is 0.345. The van der Waals surface area contributed by atoms with Crippen LogP contribution in [-0.4, -0.2) is 0 Å². The lowest BCUT2D eigenvalue weighted by Gasteiger charge is -2.21. The van der Waals surface area contributed by atoms with Crippen molar-refractivity contribution in [3.63, 3.8) is 0 Å². The zero-order chi connectivity index (χ0) is 9.19. The molecule has 0 aliphatic heterocycles. The Balaban J connectivity index is 2.82. The monoisotopic (exact) mass is 164 g/mol. The molecule has 0 nitrogen and oxygen atoms in total. The van der Waals surface area contributed by atoms with Crippen LogP contribution in [0.2, 0.25) is 0 Å². The van der Waals surface area contributed by atoms with Crippen LogP contribution in [0.15, 0.2) is 23.3 Å². The minimum Gasteiger partial charge on any atom is -0.0802 e. The van der Waals surface area contributed by atoms with E-state index in [-0.39, 0.29) is 0 Å². The van der Waals surface area contributed by atoms with Crippen molar-refractivity contribution in [1.29, 1.82) is 0 Å². The summed E-state index contributed by atoms with van der Waals surface area (Å²) in [6, 6.07) is 0. The van der Waals surface area contributed by atoms with Crippen LogP contribution >= 0.6 is 0 Å². The first-order valence-electron chi connectivity index (χ1n) is 4.94. The number of hydrogen-bond acceptors (Lipinski definition) is 0. The number of hydrogen-bond donors (Lipinski definition) is 0. The molecule has 0 bridgehead atoms. The Morgan fingerprint density at radius 3 is 2.50 bits per heavy atom. The molecule has 1 rings (SSSR count). The maximum Gasteiger partial charge on any atom is -0.0130 e. The highest BCUT2D eigenvalue weighted by molar-refractivity contribution is 5.37. The molecule has 12 heavy (non-hydrogen) atoms. The molecule has 0 aromatic rings. The van der Waals surface area contributed by atoms with E-state index in [0.29, 0.717) is 5.41 Å². The zero-order valence-corrected chi connectivity index (χ0v) is 8.78. The Kier molecular flexibility index (Phi) is 2.76. The van der Waals surface area contributed by atoms with Gasteiger partial charge in [0.25, 0.3) is 0 Å². The first-order valence-corrected chi connectivity index (χ1v) is 4.94. The second-order valence-electron chi connectivity index (χ2n) is 4.62. The van der Waals surface area contributed by atoms with Crippen LogP contribution in [0.5, 0.6) is 0 Å². The summed E-state index contributed by atoms with van der Waals surface area (Å²) in [5, 5.41) is 0. The fraction of sp³-hybridized carbons (Fsp3) is 0.667. The molecule has 0 radical (unpaired) electrons. The van der Waals surface area contributed by atoms with Crippen molar-refractivity contribution in [3.8, 4) is 0 Å². The van der Waals surface area contributed by atoms with Crippen LogP contribution in [0, 0.1) is 5.41 Å². The molecule has 68 valence electrons. The molecule has 1 aliphatic rings. The molecule has 0 N–H and O–H groups in total. The van der Waals surface area contributed by atoms with Gasteiger partial charge in [0.2, 0.25) is 0 Å². The van der Waals surface area contributed by atoms with E-state index in [1.165, 1.54) is 19.3 Å². The molecule has 0 fully saturated rings. The summed E-state index contributed by atoms with van der Waals surface area (Å²) in [6.45, 7) is 9.15. The van der Waals surface area contributed by atoms with Gasteiger partial charge in [-0.25, -0.2) is 0 Å². The Morgan fingerprint density at radius 1 is 1.33 bits per heavy atom. The van der Waals surface area contributed by atoms with Crippen molar-refractivity contribution >= 4 is 0 Å². The van der Waals surface area contributed by atoms with E-state index in [2.05, 4.69) is 39.8 Å². The van der Waals surface area contributed by atoms with Gasteiger partial charge in [0.05, 0.1) is 0 Å².